The minimum atomic E-state index is -0.0851. The largest absolute Gasteiger partial charge is 0.370 e. The Balaban J connectivity index is 1.59. The first-order valence-electron chi connectivity index (χ1n) is 7.13. The monoisotopic (exact) mass is 319 g/mol. The number of fused-ring (bicyclic) bond motifs is 3. The molecule has 1 saturated heterocycles. The normalized spacial score (nSPS) is 23.8. The van der Waals surface area contributed by atoms with E-state index < -0.39 is 0 Å². The van der Waals surface area contributed by atoms with Gasteiger partial charge in [-0.2, -0.15) is 0 Å². The molecule has 2 aliphatic rings. The smallest absolute Gasteiger partial charge is 0.255 e. The van der Waals surface area contributed by atoms with Gasteiger partial charge in [0, 0.05) is 25.5 Å². The molecule has 0 aromatic carbocycles. The van der Waals surface area contributed by atoms with Crippen LogP contribution in [0.3, 0.4) is 0 Å². The summed E-state index contributed by atoms with van der Waals surface area (Å²) in [5, 5.41) is 8.45. The molecule has 0 bridgehead atoms. The fraction of sp³-hybridized carbons (Fsp3) is 0.429. The van der Waals surface area contributed by atoms with Crippen molar-refractivity contribution in [2.24, 2.45) is 0 Å². The number of hydrogen-bond donors (Lipinski definition) is 0. The molecule has 7 nitrogen and oxygen atoms in total. The molecule has 0 N–H and O–H groups in total. The standard InChI is InChI=1S/C14H14ClN5O2/c15-11-6-16-3-1-10(11)14(21)19-4-2-13-12(7-19)20-9(8-22-13)5-17-18-20/h1,3,5-6,12-13H,2,4,7-8H2/t12-,13+/m0/s1. The van der Waals surface area contributed by atoms with E-state index in [1.165, 1.54) is 6.20 Å². The predicted octanol–water partition coefficient (Wildman–Crippen LogP) is 1.31. The average Bonchev–Trinajstić information content (AvgIpc) is 3.03. The lowest BCUT2D eigenvalue weighted by atomic mass is 9.99. The Morgan fingerprint density at radius 2 is 2.32 bits per heavy atom. The molecule has 2 atom stereocenters. The van der Waals surface area contributed by atoms with Crippen LogP contribution in [-0.2, 0) is 11.3 Å². The van der Waals surface area contributed by atoms with Crippen molar-refractivity contribution < 1.29 is 9.53 Å². The highest BCUT2D eigenvalue weighted by molar-refractivity contribution is 6.33. The highest BCUT2D eigenvalue weighted by atomic mass is 35.5. The topological polar surface area (TPSA) is 73.1 Å². The van der Waals surface area contributed by atoms with E-state index in [2.05, 4.69) is 15.3 Å². The number of amides is 1. The minimum Gasteiger partial charge on any atom is -0.370 e. The Morgan fingerprint density at radius 3 is 3.18 bits per heavy atom. The summed E-state index contributed by atoms with van der Waals surface area (Å²) >= 11 is 6.08. The molecule has 4 rings (SSSR count). The Labute approximate surface area is 131 Å². The maximum Gasteiger partial charge on any atom is 0.255 e. The molecule has 114 valence electrons. The Hall–Kier alpha value is -1.99. The molecule has 0 unspecified atom stereocenters. The fourth-order valence-corrected chi connectivity index (χ4v) is 3.28. The van der Waals surface area contributed by atoms with Crippen molar-refractivity contribution in [1.29, 1.82) is 0 Å². The van der Waals surface area contributed by atoms with Crippen LogP contribution in [0.5, 0.6) is 0 Å². The second-order valence-electron chi connectivity index (χ2n) is 5.48. The molecular weight excluding hydrogens is 306 g/mol. The predicted molar refractivity (Wildman–Crippen MR) is 77.4 cm³/mol. The number of likely N-dealkylation sites (tertiary alicyclic amines) is 1. The summed E-state index contributed by atoms with van der Waals surface area (Å²) in [5.41, 5.74) is 1.42. The number of aromatic nitrogens is 4. The maximum absolute atomic E-state index is 12.7. The Morgan fingerprint density at radius 1 is 1.41 bits per heavy atom. The molecule has 2 aromatic heterocycles. The summed E-state index contributed by atoms with van der Waals surface area (Å²) in [6.07, 6.45) is 5.62. The number of rotatable bonds is 1. The van der Waals surface area contributed by atoms with E-state index in [0.29, 0.717) is 30.3 Å². The van der Waals surface area contributed by atoms with Gasteiger partial charge in [-0.05, 0) is 12.5 Å². The molecule has 0 saturated carbocycles. The second kappa shape index (κ2) is 5.33. The van der Waals surface area contributed by atoms with E-state index in [-0.39, 0.29) is 18.1 Å². The maximum atomic E-state index is 12.7. The van der Waals surface area contributed by atoms with Crippen molar-refractivity contribution in [3.63, 3.8) is 0 Å². The van der Waals surface area contributed by atoms with Gasteiger partial charge in [-0.3, -0.25) is 9.78 Å². The molecule has 0 aliphatic carbocycles. The lowest BCUT2D eigenvalue weighted by molar-refractivity contribution is -0.0605. The summed E-state index contributed by atoms with van der Waals surface area (Å²) in [4.78, 5) is 18.4. The van der Waals surface area contributed by atoms with E-state index in [4.69, 9.17) is 16.3 Å². The van der Waals surface area contributed by atoms with Crippen molar-refractivity contribution in [3.8, 4) is 0 Å². The lowest BCUT2D eigenvalue weighted by Crippen LogP contribution is -2.50. The third kappa shape index (κ3) is 2.17. The van der Waals surface area contributed by atoms with Crippen LogP contribution in [0, 0.1) is 0 Å². The summed E-state index contributed by atoms with van der Waals surface area (Å²) in [6.45, 7) is 1.71. The molecule has 22 heavy (non-hydrogen) atoms. The van der Waals surface area contributed by atoms with Gasteiger partial charge < -0.3 is 9.64 Å². The molecule has 4 heterocycles. The molecule has 1 amide bonds. The van der Waals surface area contributed by atoms with Crippen LogP contribution < -0.4 is 0 Å². The number of halogens is 1. The first-order valence-corrected chi connectivity index (χ1v) is 7.51. The number of hydrogen-bond acceptors (Lipinski definition) is 5. The summed E-state index contributed by atoms with van der Waals surface area (Å²) in [5.74, 6) is -0.0851. The van der Waals surface area contributed by atoms with E-state index in [1.54, 1.807) is 23.4 Å². The Kier molecular flexibility index (Phi) is 3.31. The highest BCUT2D eigenvalue weighted by Gasteiger charge is 2.38. The fourth-order valence-electron chi connectivity index (χ4n) is 3.08. The van der Waals surface area contributed by atoms with Gasteiger partial charge in [-0.15, -0.1) is 5.10 Å². The number of pyridine rings is 1. The molecular formula is C14H14ClN5O2. The van der Waals surface area contributed by atoms with Gasteiger partial charge in [0.15, 0.2) is 0 Å². The Bertz CT molecular complexity index is 719. The molecule has 1 fully saturated rings. The number of nitrogens with zero attached hydrogens (tertiary/aromatic N) is 5. The van der Waals surface area contributed by atoms with Crippen molar-refractivity contribution in [2.45, 2.75) is 25.2 Å². The molecule has 2 aromatic rings. The second-order valence-corrected chi connectivity index (χ2v) is 5.89. The van der Waals surface area contributed by atoms with Crippen LogP contribution in [0.4, 0.5) is 0 Å². The van der Waals surface area contributed by atoms with Gasteiger partial charge in [0.05, 0.1) is 41.2 Å². The van der Waals surface area contributed by atoms with Crippen LogP contribution in [0.25, 0.3) is 0 Å². The minimum absolute atomic E-state index is 0.00422. The summed E-state index contributed by atoms with van der Waals surface area (Å²) < 4.78 is 7.73. The summed E-state index contributed by atoms with van der Waals surface area (Å²) in [7, 11) is 0. The summed E-state index contributed by atoms with van der Waals surface area (Å²) in [6, 6.07) is 1.65. The highest BCUT2D eigenvalue weighted by Crippen LogP contribution is 2.31. The zero-order valence-electron chi connectivity index (χ0n) is 11.7. The van der Waals surface area contributed by atoms with Crippen molar-refractivity contribution in [3.05, 3.63) is 40.9 Å². The van der Waals surface area contributed by atoms with E-state index in [9.17, 15) is 4.79 Å². The first-order chi connectivity index (χ1) is 10.7. The van der Waals surface area contributed by atoms with E-state index in [0.717, 1.165) is 12.1 Å². The van der Waals surface area contributed by atoms with Gasteiger partial charge in [-0.1, -0.05) is 16.8 Å². The zero-order chi connectivity index (χ0) is 15.1. The van der Waals surface area contributed by atoms with Crippen molar-refractivity contribution in [1.82, 2.24) is 24.9 Å². The van der Waals surface area contributed by atoms with Crippen LogP contribution in [0.15, 0.2) is 24.7 Å². The van der Waals surface area contributed by atoms with Crippen LogP contribution in [-0.4, -0.2) is 50.0 Å². The molecule has 2 aliphatic heterocycles. The van der Waals surface area contributed by atoms with Gasteiger partial charge in [0.2, 0.25) is 0 Å². The van der Waals surface area contributed by atoms with E-state index >= 15 is 0 Å². The molecule has 8 heteroatoms. The SMILES string of the molecule is O=C(c1ccncc1Cl)N1CC[C@H]2OCc3cnnn3[C@H]2C1. The van der Waals surface area contributed by atoms with Crippen LogP contribution >= 0.6 is 11.6 Å². The van der Waals surface area contributed by atoms with Crippen molar-refractivity contribution >= 4 is 17.5 Å². The lowest BCUT2D eigenvalue weighted by Gasteiger charge is -2.41. The third-order valence-corrected chi connectivity index (χ3v) is 4.52. The molecule has 0 radical (unpaired) electrons. The number of piperidine rings is 1. The average molecular weight is 320 g/mol. The van der Waals surface area contributed by atoms with Gasteiger partial charge >= 0.3 is 0 Å². The quantitative estimate of drug-likeness (QED) is 0.792. The molecule has 0 spiro atoms. The zero-order valence-corrected chi connectivity index (χ0v) is 12.5. The van der Waals surface area contributed by atoms with Crippen LogP contribution in [0.1, 0.15) is 28.5 Å². The van der Waals surface area contributed by atoms with Gasteiger partial charge in [-0.25, -0.2) is 4.68 Å². The van der Waals surface area contributed by atoms with Crippen LogP contribution in [0.2, 0.25) is 5.02 Å². The van der Waals surface area contributed by atoms with E-state index in [1.807, 2.05) is 4.68 Å². The van der Waals surface area contributed by atoms with Gasteiger partial charge in [0.25, 0.3) is 5.91 Å². The number of carbonyl (C=O) groups is 1. The number of carbonyl (C=O) groups excluding carboxylic acids is 1. The van der Waals surface area contributed by atoms with Gasteiger partial charge in [0.1, 0.15) is 0 Å². The third-order valence-electron chi connectivity index (χ3n) is 4.22. The number of ether oxygens (including phenoxy) is 1. The first kappa shape index (κ1) is 13.7. The van der Waals surface area contributed by atoms with Crippen molar-refractivity contribution in [2.75, 3.05) is 13.1 Å².